The van der Waals surface area contributed by atoms with Gasteiger partial charge in [0.2, 0.25) is 5.91 Å². The van der Waals surface area contributed by atoms with Gasteiger partial charge in [-0.1, -0.05) is 36.7 Å². The van der Waals surface area contributed by atoms with E-state index in [2.05, 4.69) is 20.8 Å². The van der Waals surface area contributed by atoms with Crippen molar-refractivity contribution in [3.05, 3.63) is 59.8 Å². The lowest BCUT2D eigenvalue weighted by Crippen LogP contribution is -2.33. The number of furan rings is 1. The summed E-state index contributed by atoms with van der Waals surface area (Å²) in [6.07, 6.45) is 8.19. The minimum atomic E-state index is -0.193. The van der Waals surface area contributed by atoms with Crippen LogP contribution in [0.5, 0.6) is 0 Å². The lowest BCUT2D eigenvalue weighted by Gasteiger charge is -2.15. The molecule has 2 fully saturated rings. The first-order chi connectivity index (χ1) is 16.2. The van der Waals surface area contributed by atoms with E-state index >= 15 is 0 Å². The number of hydrogen-bond acceptors (Lipinski definition) is 6. The van der Waals surface area contributed by atoms with E-state index in [4.69, 9.17) is 4.42 Å². The molecule has 1 aromatic carbocycles. The van der Waals surface area contributed by atoms with Crippen LogP contribution in [0.3, 0.4) is 0 Å². The van der Waals surface area contributed by atoms with Crippen LogP contribution in [-0.4, -0.2) is 38.4 Å². The summed E-state index contributed by atoms with van der Waals surface area (Å²) < 4.78 is 7.54. The third-order valence-electron chi connectivity index (χ3n) is 6.05. The van der Waals surface area contributed by atoms with E-state index in [1.165, 1.54) is 11.8 Å². The van der Waals surface area contributed by atoms with Crippen LogP contribution in [0.2, 0.25) is 0 Å². The largest absolute Gasteiger partial charge is 0.467 e. The first kappa shape index (κ1) is 21.8. The number of rotatable bonds is 9. The Balaban J connectivity index is 1.23. The SMILES string of the molecule is O=C(CSc1nnc(C2CC2)n1Cc1ccco1)Nc1ccccc1C(=O)NC1CCCC1. The molecule has 0 unspecified atom stereocenters. The van der Waals surface area contributed by atoms with Gasteiger partial charge in [0.05, 0.1) is 29.8 Å². The highest BCUT2D eigenvalue weighted by Gasteiger charge is 2.31. The summed E-state index contributed by atoms with van der Waals surface area (Å²) in [4.78, 5) is 25.5. The zero-order valence-electron chi connectivity index (χ0n) is 18.3. The van der Waals surface area contributed by atoms with Gasteiger partial charge in [-0.25, -0.2) is 0 Å². The average Bonchev–Trinajstić information content (AvgIpc) is 3.19. The Hall–Kier alpha value is -3.07. The molecule has 2 aliphatic carbocycles. The van der Waals surface area contributed by atoms with Gasteiger partial charge >= 0.3 is 0 Å². The molecule has 0 radical (unpaired) electrons. The van der Waals surface area contributed by atoms with Crippen molar-refractivity contribution in [1.29, 1.82) is 0 Å². The van der Waals surface area contributed by atoms with Crippen molar-refractivity contribution >= 4 is 29.3 Å². The van der Waals surface area contributed by atoms with Gasteiger partial charge in [0, 0.05) is 12.0 Å². The molecule has 0 aliphatic heterocycles. The van der Waals surface area contributed by atoms with Crippen molar-refractivity contribution in [3.63, 3.8) is 0 Å². The van der Waals surface area contributed by atoms with E-state index in [0.29, 0.717) is 28.9 Å². The highest BCUT2D eigenvalue weighted by atomic mass is 32.2. The molecular formula is C24H27N5O3S. The Labute approximate surface area is 196 Å². The summed E-state index contributed by atoms with van der Waals surface area (Å²) in [5.74, 6) is 2.04. The Morgan fingerprint density at radius 3 is 2.64 bits per heavy atom. The molecule has 2 N–H and O–H groups in total. The van der Waals surface area contributed by atoms with Gasteiger partial charge in [0.15, 0.2) is 5.16 Å². The smallest absolute Gasteiger partial charge is 0.253 e. The summed E-state index contributed by atoms with van der Waals surface area (Å²) in [6, 6.07) is 11.1. The molecule has 2 amide bonds. The molecule has 0 saturated heterocycles. The van der Waals surface area contributed by atoms with Crippen LogP contribution in [0.15, 0.2) is 52.2 Å². The zero-order valence-corrected chi connectivity index (χ0v) is 19.1. The van der Waals surface area contributed by atoms with Crippen LogP contribution >= 0.6 is 11.8 Å². The molecule has 33 heavy (non-hydrogen) atoms. The van der Waals surface area contributed by atoms with E-state index in [1.807, 2.05) is 28.8 Å². The maximum atomic E-state index is 12.8. The number of amides is 2. The number of nitrogens with one attached hydrogen (secondary N) is 2. The van der Waals surface area contributed by atoms with Gasteiger partial charge in [-0.15, -0.1) is 10.2 Å². The quantitative estimate of drug-likeness (QED) is 0.459. The third-order valence-corrected chi connectivity index (χ3v) is 7.02. The molecule has 0 bridgehead atoms. The third kappa shape index (κ3) is 5.30. The zero-order chi connectivity index (χ0) is 22.6. The molecule has 3 aromatic rings. The molecule has 5 rings (SSSR count). The Bertz CT molecular complexity index is 1120. The van der Waals surface area contributed by atoms with Gasteiger partial charge in [-0.05, 0) is 49.9 Å². The molecule has 0 spiro atoms. The molecular weight excluding hydrogens is 438 g/mol. The highest BCUT2D eigenvalue weighted by Crippen LogP contribution is 2.40. The van der Waals surface area contributed by atoms with Crippen LogP contribution < -0.4 is 10.6 Å². The van der Waals surface area contributed by atoms with Gasteiger partial charge in [0.1, 0.15) is 11.6 Å². The average molecular weight is 466 g/mol. The Kier molecular flexibility index (Phi) is 6.48. The second kappa shape index (κ2) is 9.82. The second-order valence-electron chi connectivity index (χ2n) is 8.62. The van der Waals surface area contributed by atoms with Crippen LogP contribution in [-0.2, 0) is 11.3 Å². The molecule has 2 aliphatic rings. The number of aromatic nitrogens is 3. The number of benzene rings is 1. The van der Waals surface area contributed by atoms with Crippen molar-refractivity contribution in [1.82, 2.24) is 20.1 Å². The van der Waals surface area contributed by atoms with Gasteiger partial charge in [-0.2, -0.15) is 0 Å². The van der Waals surface area contributed by atoms with Crippen molar-refractivity contribution in [3.8, 4) is 0 Å². The number of nitrogens with zero attached hydrogens (tertiary/aromatic N) is 3. The van der Waals surface area contributed by atoms with Gasteiger partial charge in [-0.3, -0.25) is 14.2 Å². The van der Waals surface area contributed by atoms with Crippen LogP contribution in [0.1, 0.15) is 66.4 Å². The fourth-order valence-electron chi connectivity index (χ4n) is 4.20. The monoisotopic (exact) mass is 465 g/mol. The summed E-state index contributed by atoms with van der Waals surface area (Å²) in [5, 5.41) is 15.4. The molecule has 8 nitrogen and oxygen atoms in total. The Morgan fingerprint density at radius 1 is 1.06 bits per heavy atom. The lowest BCUT2D eigenvalue weighted by molar-refractivity contribution is -0.113. The van der Waals surface area contributed by atoms with Crippen molar-refractivity contribution in [2.45, 2.75) is 62.2 Å². The second-order valence-corrected chi connectivity index (χ2v) is 9.56. The maximum absolute atomic E-state index is 12.8. The predicted molar refractivity (Wildman–Crippen MR) is 125 cm³/mol. The minimum absolute atomic E-state index is 0.141. The summed E-state index contributed by atoms with van der Waals surface area (Å²) in [7, 11) is 0. The first-order valence-corrected chi connectivity index (χ1v) is 12.4. The fourth-order valence-corrected chi connectivity index (χ4v) is 4.94. The predicted octanol–water partition coefficient (Wildman–Crippen LogP) is 4.20. The number of para-hydroxylation sites is 1. The topological polar surface area (TPSA) is 102 Å². The molecule has 2 saturated carbocycles. The molecule has 0 atom stereocenters. The van der Waals surface area contributed by atoms with E-state index in [-0.39, 0.29) is 23.6 Å². The van der Waals surface area contributed by atoms with E-state index < -0.39 is 0 Å². The van der Waals surface area contributed by atoms with Crippen LogP contribution in [0, 0.1) is 0 Å². The normalized spacial score (nSPS) is 16.1. The van der Waals surface area contributed by atoms with Crippen molar-refractivity contribution in [2.24, 2.45) is 0 Å². The van der Waals surface area contributed by atoms with Crippen LogP contribution in [0.25, 0.3) is 0 Å². The number of thioether (sulfide) groups is 1. The van der Waals surface area contributed by atoms with Gasteiger partial charge in [0.25, 0.3) is 5.91 Å². The van der Waals surface area contributed by atoms with E-state index in [9.17, 15) is 9.59 Å². The van der Waals surface area contributed by atoms with E-state index in [1.54, 1.807) is 18.4 Å². The Morgan fingerprint density at radius 2 is 1.88 bits per heavy atom. The summed E-state index contributed by atoms with van der Waals surface area (Å²) in [6.45, 7) is 0.542. The van der Waals surface area contributed by atoms with E-state index in [0.717, 1.165) is 50.1 Å². The molecule has 2 aromatic heterocycles. The standard InChI is InChI=1S/C24H27N5O3S/c30-21(26-20-10-4-3-9-19(20)23(31)25-17-6-1-2-7-17)15-33-24-28-27-22(16-11-12-16)29(24)14-18-8-5-13-32-18/h3-5,8-10,13,16-17H,1-2,6-7,11-12,14-15H2,(H,25,31)(H,26,30). The first-order valence-electron chi connectivity index (χ1n) is 11.5. The summed E-state index contributed by atoms with van der Waals surface area (Å²) in [5.41, 5.74) is 1.01. The molecule has 172 valence electrons. The van der Waals surface area contributed by atoms with Crippen molar-refractivity contribution < 1.29 is 14.0 Å². The number of carbonyl (C=O) groups is 2. The number of anilines is 1. The van der Waals surface area contributed by atoms with Crippen molar-refractivity contribution in [2.75, 3.05) is 11.1 Å². The summed E-state index contributed by atoms with van der Waals surface area (Å²) >= 11 is 1.34. The maximum Gasteiger partial charge on any atom is 0.253 e. The van der Waals surface area contributed by atoms with Gasteiger partial charge < -0.3 is 15.1 Å². The fraction of sp³-hybridized carbons (Fsp3) is 0.417. The number of hydrogen-bond donors (Lipinski definition) is 2. The van der Waals surface area contributed by atoms with Crippen LogP contribution in [0.4, 0.5) is 5.69 Å². The molecule has 2 heterocycles. The lowest BCUT2D eigenvalue weighted by atomic mass is 10.1. The highest BCUT2D eigenvalue weighted by molar-refractivity contribution is 7.99. The minimum Gasteiger partial charge on any atom is -0.467 e. The molecule has 9 heteroatoms. The number of carbonyl (C=O) groups excluding carboxylic acids is 2.